The number of cyclic esters (lactones) is 2. The van der Waals surface area contributed by atoms with E-state index in [1.54, 1.807) is 28.8 Å². The minimum absolute atomic E-state index is 0.178. The van der Waals surface area contributed by atoms with Gasteiger partial charge < -0.3 is 14.6 Å². The average molecular weight is 277 g/mol. The Morgan fingerprint density at radius 3 is 2.60 bits per heavy atom. The minimum atomic E-state index is -0.486. The van der Waals surface area contributed by atoms with Crippen LogP contribution < -0.4 is 4.90 Å². The van der Waals surface area contributed by atoms with E-state index in [0.717, 1.165) is 5.69 Å². The van der Waals surface area contributed by atoms with Crippen molar-refractivity contribution in [1.82, 2.24) is 0 Å². The first-order chi connectivity index (χ1) is 9.67. The molecule has 1 amide bonds. The van der Waals surface area contributed by atoms with E-state index in [-0.39, 0.29) is 19.1 Å². The van der Waals surface area contributed by atoms with Gasteiger partial charge in [-0.15, -0.1) is 0 Å². The van der Waals surface area contributed by atoms with E-state index in [4.69, 9.17) is 14.6 Å². The molecule has 0 radical (unpaired) electrons. The van der Waals surface area contributed by atoms with Gasteiger partial charge in [0.1, 0.15) is 6.10 Å². The molecule has 2 heterocycles. The molecule has 1 aromatic rings. The molecule has 104 valence electrons. The Kier molecular flexibility index (Phi) is 3.11. The molecule has 1 atom stereocenters. The van der Waals surface area contributed by atoms with Crippen LogP contribution in [0.15, 0.2) is 24.3 Å². The largest absolute Gasteiger partial charge is 0.441 e. The first-order valence-electron chi connectivity index (χ1n) is 6.16. The van der Waals surface area contributed by atoms with Crippen LogP contribution in [0.2, 0.25) is 0 Å². The third kappa shape index (κ3) is 2.23. The second-order valence-electron chi connectivity index (χ2n) is 4.54. The molecule has 0 bridgehead atoms. The maximum Gasteiger partial charge on any atom is 0.414 e. The lowest BCUT2D eigenvalue weighted by Crippen LogP contribution is -2.25. The molecule has 1 fully saturated rings. The van der Waals surface area contributed by atoms with Crippen LogP contribution >= 0.6 is 0 Å². The molecular weight excluding hydrogens is 264 g/mol. The highest BCUT2D eigenvalue weighted by Crippen LogP contribution is 2.24. The molecule has 2 aliphatic heterocycles. The number of nitrogens with zero attached hydrogens (tertiary/aromatic N) is 2. The predicted molar refractivity (Wildman–Crippen MR) is 68.1 cm³/mol. The number of aliphatic hydroxyl groups is 1. The molecule has 2 aliphatic rings. The summed E-state index contributed by atoms with van der Waals surface area (Å²) in [6.45, 7) is 0.312. The molecule has 1 saturated heterocycles. The van der Waals surface area contributed by atoms with Crippen LogP contribution in [-0.2, 0) is 14.3 Å². The molecule has 0 saturated carbocycles. The number of esters is 1. The average Bonchev–Trinajstić information content (AvgIpc) is 3.05. The van der Waals surface area contributed by atoms with Gasteiger partial charge in [-0.05, 0) is 12.1 Å². The van der Waals surface area contributed by atoms with E-state index in [0.29, 0.717) is 12.2 Å². The second-order valence-corrected chi connectivity index (χ2v) is 4.54. The number of carbonyl (C=O) groups is 2. The van der Waals surface area contributed by atoms with Gasteiger partial charge in [-0.3, -0.25) is 4.90 Å². The van der Waals surface area contributed by atoms with Crippen LogP contribution in [0, 0.1) is 0 Å². The molecule has 20 heavy (non-hydrogen) atoms. The molecule has 7 heteroatoms. The summed E-state index contributed by atoms with van der Waals surface area (Å²) in [5.41, 5.74) is 1.48. The maximum absolute atomic E-state index is 11.6. The first kappa shape index (κ1) is 12.6. The first-order valence-corrected chi connectivity index (χ1v) is 6.16. The number of hydrogen-bond donors (Lipinski definition) is 1. The number of rotatable bonds is 3. The number of aliphatic hydroxyl groups excluding tert-OH is 1. The van der Waals surface area contributed by atoms with Crippen LogP contribution in [0.3, 0.4) is 0 Å². The molecule has 1 aromatic carbocycles. The Morgan fingerprint density at radius 2 is 2.05 bits per heavy atom. The van der Waals surface area contributed by atoms with Crippen LogP contribution in [0.4, 0.5) is 16.2 Å². The molecule has 3 rings (SSSR count). The molecule has 0 spiro atoms. The van der Waals surface area contributed by atoms with E-state index in [9.17, 15) is 9.59 Å². The summed E-state index contributed by atoms with van der Waals surface area (Å²) in [6, 6.07) is 7.08. The van der Waals surface area contributed by atoms with Crippen molar-refractivity contribution in [3.8, 4) is 0 Å². The lowest BCUT2D eigenvalue weighted by atomic mass is 10.2. The summed E-state index contributed by atoms with van der Waals surface area (Å²) < 4.78 is 11.4. The monoisotopic (exact) mass is 277 g/mol. The molecule has 1 N–H and O–H groups in total. The van der Waals surface area contributed by atoms with Gasteiger partial charge in [0.15, 0.2) is 0 Å². The normalized spacial score (nSPS) is 21.8. The number of anilines is 1. The highest BCUT2D eigenvalue weighted by molar-refractivity contribution is 5.90. The van der Waals surface area contributed by atoms with Gasteiger partial charge in [0, 0.05) is 17.8 Å². The summed E-state index contributed by atoms with van der Waals surface area (Å²) >= 11 is 0. The quantitative estimate of drug-likeness (QED) is 0.632. The predicted octanol–water partition coefficient (Wildman–Crippen LogP) is 0.233. The third-order valence-electron chi connectivity index (χ3n) is 3.18. The zero-order valence-corrected chi connectivity index (χ0v) is 10.6. The Bertz CT molecular complexity index is 581. The van der Waals surface area contributed by atoms with Crippen molar-refractivity contribution < 1.29 is 28.7 Å². The standard InChI is InChI=1S/C13H13N2O5/c16-7-11-5-15(13(18)20-11)10-3-1-9(2-4-10)14-6-12(17)19-8-14/h1-4,8,11,16H,5-7H2/q+1. The van der Waals surface area contributed by atoms with Gasteiger partial charge in [-0.2, -0.15) is 4.58 Å². The summed E-state index contributed by atoms with van der Waals surface area (Å²) in [4.78, 5) is 24.1. The Hall–Kier alpha value is -2.41. The fraction of sp³-hybridized carbons (Fsp3) is 0.308. The van der Waals surface area contributed by atoms with Crippen LogP contribution in [0.1, 0.15) is 0 Å². The third-order valence-corrected chi connectivity index (χ3v) is 3.18. The van der Waals surface area contributed by atoms with Crippen molar-refractivity contribution in [3.05, 3.63) is 24.3 Å². The number of carbonyl (C=O) groups excluding carboxylic acids is 2. The van der Waals surface area contributed by atoms with E-state index in [1.165, 1.54) is 11.3 Å². The molecule has 0 aliphatic carbocycles. The topological polar surface area (TPSA) is 79.1 Å². The van der Waals surface area contributed by atoms with E-state index in [1.807, 2.05) is 0 Å². The van der Waals surface area contributed by atoms with Gasteiger partial charge in [-0.25, -0.2) is 9.59 Å². The summed E-state index contributed by atoms with van der Waals surface area (Å²) in [7, 11) is 0. The van der Waals surface area contributed by atoms with Gasteiger partial charge in [-0.1, -0.05) is 0 Å². The number of amides is 1. The van der Waals surface area contributed by atoms with E-state index >= 15 is 0 Å². The minimum Gasteiger partial charge on any atom is -0.441 e. The van der Waals surface area contributed by atoms with Crippen molar-refractivity contribution >= 4 is 29.8 Å². The van der Waals surface area contributed by atoms with E-state index < -0.39 is 12.2 Å². The number of ether oxygens (including phenoxy) is 2. The zero-order chi connectivity index (χ0) is 14.1. The highest BCUT2D eigenvalue weighted by Gasteiger charge is 2.32. The number of benzene rings is 1. The maximum atomic E-state index is 11.6. The molecule has 1 unspecified atom stereocenters. The van der Waals surface area contributed by atoms with Crippen LogP contribution in [0.5, 0.6) is 0 Å². The Balaban J connectivity index is 1.77. The molecule has 0 aromatic heterocycles. The smallest absolute Gasteiger partial charge is 0.414 e. The van der Waals surface area contributed by atoms with Gasteiger partial charge in [0.2, 0.25) is 12.2 Å². The highest BCUT2D eigenvalue weighted by atomic mass is 16.6. The lowest BCUT2D eigenvalue weighted by Gasteiger charge is -2.12. The fourth-order valence-corrected chi connectivity index (χ4v) is 2.14. The van der Waals surface area contributed by atoms with E-state index in [2.05, 4.69) is 0 Å². The second kappa shape index (κ2) is 4.93. The van der Waals surface area contributed by atoms with Crippen molar-refractivity contribution in [2.24, 2.45) is 0 Å². The Labute approximate surface area is 114 Å². The Morgan fingerprint density at radius 1 is 1.30 bits per heavy atom. The van der Waals surface area contributed by atoms with Crippen molar-refractivity contribution in [3.63, 3.8) is 0 Å². The fourth-order valence-electron chi connectivity index (χ4n) is 2.14. The van der Waals surface area contributed by atoms with Crippen molar-refractivity contribution in [1.29, 1.82) is 0 Å². The van der Waals surface area contributed by atoms with Gasteiger partial charge in [0.25, 0.3) is 0 Å². The summed E-state index contributed by atoms with van der Waals surface area (Å²) in [5, 5.41) is 9.00. The van der Waals surface area contributed by atoms with Crippen LogP contribution in [0.25, 0.3) is 0 Å². The lowest BCUT2D eigenvalue weighted by molar-refractivity contribution is -0.418. The van der Waals surface area contributed by atoms with Crippen molar-refractivity contribution in [2.45, 2.75) is 6.10 Å². The van der Waals surface area contributed by atoms with Crippen molar-refractivity contribution in [2.75, 3.05) is 24.6 Å². The summed E-state index contributed by atoms with van der Waals surface area (Å²) in [6.07, 6.45) is 0.409. The van der Waals surface area contributed by atoms with Gasteiger partial charge in [0.05, 0.1) is 13.2 Å². The number of hydrogen-bond acceptors (Lipinski definition) is 5. The van der Waals surface area contributed by atoms with Crippen LogP contribution in [-0.4, -0.2) is 53.9 Å². The molecule has 7 nitrogen and oxygen atoms in total. The van der Waals surface area contributed by atoms with Gasteiger partial charge >= 0.3 is 18.5 Å². The SMILES string of the molecule is O=C1C[N+](c2ccc(N3CC(CO)OC3=O)cc2)=CO1. The molecular formula is C13H13N2O5+. The summed E-state index contributed by atoms with van der Waals surface area (Å²) in [5.74, 6) is -0.303. The zero-order valence-electron chi connectivity index (χ0n) is 10.6.